The monoisotopic (exact) mass is 450 g/mol. The molecule has 0 amide bonds. The van der Waals surface area contributed by atoms with Crippen molar-refractivity contribution in [2.24, 2.45) is 0 Å². The first-order chi connectivity index (χ1) is 15.8. The zero-order valence-electron chi connectivity index (χ0n) is 20.3. The summed E-state index contributed by atoms with van der Waals surface area (Å²) in [6.45, 7) is 12.2. The highest BCUT2D eigenvalue weighted by atomic mass is 16.2. The van der Waals surface area contributed by atoms with Crippen LogP contribution in [0.25, 0.3) is 43.8 Å². The maximum Gasteiger partial charge on any atom is 0.234 e. The number of hydrogen-bond acceptors (Lipinski definition) is 4. The molecule has 0 unspecified atom stereocenters. The average Bonchev–Trinajstić information content (AvgIpc) is 2.78. The normalized spacial score (nSPS) is 12.9. The van der Waals surface area contributed by atoms with Crippen molar-refractivity contribution in [3.05, 3.63) is 101 Å². The molecule has 34 heavy (non-hydrogen) atoms. The van der Waals surface area contributed by atoms with Crippen LogP contribution in [0.15, 0.2) is 67.7 Å². The molecule has 0 atom stereocenters. The van der Waals surface area contributed by atoms with Crippen LogP contribution in [0, 0.1) is 0 Å². The molecule has 170 valence electrons. The second-order valence-electron chi connectivity index (χ2n) is 11.3. The van der Waals surface area contributed by atoms with E-state index in [0.717, 1.165) is 16.7 Å². The molecule has 0 spiro atoms. The molecule has 3 aromatic rings. The lowest BCUT2D eigenvalue weighted by Gasteiger charge is -2.23. The topological polar surface area (TPSA) is 68.3 Å². The molecule has 0 N–H and O–H groups in total. The van der Waals surface area contributed by atoms with Crippen molar-refractivity contribution in [2.45, 2.75) is 52.4 Å². The fourth-order valence-corrected chi connectivity index (χ4v) is 4.79. The van der Waals surface area contributed by atoms with E-state index in [1.54, 1.807) is 24.3 Å². The van der Waals surface area contributed by atoms with E-state index in [1.807, 2.05) is 45.0 Å². The van der Waals surface area contributed by atoms with Gasteiger partial charge in [-0.2, -0.15) is 0 Å². The third-order valence-corrected chi connectivity index (χ3v) is 6.85. The van der Waals surface area contributed by atoms with E-state index in [-0.39, 0.29) is 32.4 Å². The lowest BCUT2D eigenvalue weighted by atomic mass is 9.80. The Balaban J connectivity index is 1.97. The highest BCUT2D eigenvalue weighted by molar-refractivity contribution is 6.12. The number of hydrogen-bond donors (Lipinski definition) is 0. The maximum absolute atomic E-state index is 13.3. The van der Waals surface area contributed by atoms with Crippen molar-refractivity contribution >= 4 is 21.5 Å². The first-order valence-electron chi connectivity index (χ1n) is 11.4. The van der Waals surface area contributed by atoms with Crippen LogP contribution < -0.4 is 21.7 Å². The first kappa shape index (κ1) is 22.1. The second kappa shape index (κ2) is 6.92. The second-order valence-corrected chi connectivity index (χ2v) is 11.3. The summed E-state index contributed by atoms with van der Waals surface area (Å²) >= 11 is 0. The van der Waals surface area contributed by atoms with E-state index in [1.165, 1.54) is 0 Å². The minimum absolute atomic E-state index is 0.0886. The van der Waals surface area contributed by atoms with Crippen molar-refractivity contribution < 1.29 is 0 Å². The fourth-order valence-electron chi connectivity index (χ4n) is 4.79. The van der Waals surface area contributed by atoms with Crippen LogP contribution in [0.1, 0.15) is 52.7 Å². The number of benzene rings is 5. The molecule has 0 fully saturated rings. The summed E-state index contributed by atoms with van der Waals surface area (Å²) < 4.78 is 0. The van der Waals surface area contributed by atoms with Crippen molar-refractivity contribution in [1.82, 2.24) is 0 Å². The van der Waals surface area contributed by atoms with Crippen molar-refractivity contribution in [2.75, 3.05) is 0 Å². The third-order valence-electron chi connectivity index (χ3n) is 6.85. The molecule has 4 heteroatoms. The van der Waals surface area contributed by atoms with Crippen LogP contribution >= 0.6 is 0 Å². The minimum Gasteiger partial charge on any atom is -0.285 e. The van der Waals surface area contributed by atoms with Crippen molar-refractivity contribution in [1.29, 1.82) is 0 Å². The highest BCUT2D eigenvalue weighted by Gasteiger charge is 2.28. The molecule has 4 nitrogen and oxygen atoms in total. The standard InChI is InChI=1S/C30H26O4/c1-29(2,3)17-9-7-8-15(10-17)16-11-19-23-20(12-16)26(32)28(34)22-14-18(30(4,5)6)13-21(24(22)23)27(33)25(19)31/h7-14H,1-6H3. The summed E-state index contributed by atoms with van der Waals surface area (Å²) in [5, 5.41) is 0.808. The first-order valence-corrected chi connectivity index (χ1v) is 11.4. The molecule has 0 bridgehead atoms. The van der Waals surface area contributed by atoms with Gasteiger partial charge in [-0.25, -0.2) is 0 Å². The Bertz CT molecular complexity index is 1690. The minimum atomic E-state index is -0.642. The van der Waals surface area contributed by atoms with Gasteiger partial charge >= 0.3 is 0 Å². The fraction of sp³-hybridized carbons (Fsp3) is 0.267. The third kappa shape index (κ3) is 3.12. The van der Waals surface area contributed by atoms with Gasteiger partial charge in [-0.05, 0) is 57.3 Å². The predicted molar refractivity (Wildman–Crippen MR) is 140 cm³/mol. The zero-order valence-corrected chi connectivity index (χ0v) is 20.3. The van der Waals surface area contributed by atoms with Crippen LogP contribution in [-0.4, -0.2) is 0 Å². The summed E-state index contributed by atoms with van der Waals surface area (Å²) in [6, 6.07) is 14.7. The summed E-state index contributed by atoms with van der Waals surface area (Å²) in [6.07, 6.45) is 0. The summed E-state index contributed by atoms with van der Waals surface area (Å²) in [7, 11) is 0. The van der Waals surface area contributed by atoms with Crippen LogP contribution in [0.5, 0.6) is 0 Å². The average molecular weight is 451 g/mol. The Kier molecular flexibility index (Phi) is 4.51. The molecule has 0 saturated heterocycles. The smallest absolute Gasteiger partial charge is 0.234 e. The van der Waals surface area contributed by atoms with Gasteiger partial charge in [0.15, 0.2) is 0 Å². The lowest BCUT2D eigenvalue weighted by Crippen LogP contribution is -2.32. The van der Waals surface area contributed by atoms with E-state index in [0.29, 0.717) is 16.7 Å². The van der Waals surface area contributed by atoms with Gasteiger partial charge in [0.05, 0.1) is 0 Å². The van der Waals surface area contributed by atoms with Crippen molar-refractivity contribution in [3.63, 3.8) is 0 Å². The summed E-state index contributed by atoms with van der Waals surface area (Å²) in [5.41, 5.74) is 1.13. The maximum atomic E-state index is 13.3. The predicted octanol–water partition coefficient (Wildman–Crippen LogP) is 5.11. The van der Waals surface area contributed by atoms with Gasteiger partial charge < -0.3 is 0 Å². The molecular weight excluding hydrogens is 424 g/mol. The van der Waals surface area contributed by atoms with Gasteiger partial charge in [0.25, 0.3) is 0 Å². The molecule has 2 aliphatic carbocycles. The Morgan fingerprint density at radius 1 is 0.471 bits per heavy atom. The molecule has 0 heterocycles. The van der Waals surface area contributed by atoms with Crippen LogP contribution in [-0.2, 0) is 10.8 Å². The number of rotatable bonds is 1. The Labute approximate surface area is 196 Å². The van der Waals surface area contributed by atoms with E-state index < -0.39 is 21.7 Å². The lowest BCUT2D eigenvalue weighted by molar-refractivity contribution is 0.590. The molecule has 0 saturated carbocycles. The quantitative estimate of drug-likeness (QED) is 0.263. The van der Waals surface area contributed by atoms with Crippen molar-refractivity contribution in [3.8, 4) is 22.3 Å². The SMILES string of the molecule is CC(C)(C)c1cccc(-c2cc3c4c(c2)c(=O)c(=O)c2cc(C(C)(C)C)cc(c2-4)c(=O)c3=O)c1. The Hall–Kier alpha value is -3.66. The molecule has 0 aliphatic heterocycles. The van der Waals surface area contributed by atoms with Crippen LogP contribution in [0.4, 0.5) is 0 Å². The molecule has 0 radical (unpaired) electrons. The summed E-state index contributed by atoms with van der Waals surface area (Å²) in [5.74, 6) is 0. The highest BCUT2D eigenvalue weighted by Crippen LogP contribution is 2.39. The van der Waals surface area contributed by atoms with E-state index in [4.69, 9.17) is 0 Å². The van der Waals surface area contributed by atoms with Gasteiger partial charge in [-0.3, -0.25) is 19.2 Å². The van der Waals surface area contributed by atoms with E-state index >= 15 is 0 Å². The van der Waals surface area contributed by atoms with E-state index in [2.05, 4.69) is 20.8 Å². The van der Waals surface area contributed by atoms with Gasteiger partial charge in [0.1, 0.15) is 0 Å². The summed E-state index contributed by atoms with van der Waals surface area (Å²) in [4.78, 5) is 53.0. The molecule has 2 aliphatic rings. The van der Waals surface area contributed by atoms with Gasteiger partial charge in [0, 0.05) is 32.7 Å². The zero-order chi connectivity index (χ0) is 24.7. The van der Waals surface area contributed by atoms with Crippen LogP contribution in [0.3, 0.4) is 0 Å². The molecule has 5 rings (SSSR count). The van der Waals surface area contributed by atoms with E-state index in [9.17, 15) is 19.2 Å². The largest absolute Gasteiger partial charge is 0.285 e. The molecule has 0 aromatic heterocycles. The van der Waals surface area contributed by atoms with Gasteiger partial charge in [0.2, 0.25) is 21.7 Å². The van der Waals surface area contributed by atoms with Crippen LogP contribution in [0.2, 0.25) is 0 Å². The Morgan fingerprint density at radius 2 is 0.882 bits per heavy atom. The molecular formula is C30H26O4. The van der Waals surface area contributed by atoms with Gasteiger partial charge in [-0.1, -0.05) is 65.8 Å². The van der Waals surface area contributed by atoms with Gasteiger partial charge in [-0.15, -0.1) is 0 Å². The Morgan fingerprint density at radius 3 is 1.29 bits per heavy atom. The molecule has 3 aromatic carbocycles.